The zero-order valence-corrected chi connectivity index (χ0v) is 10.6. The van der Waals surface area contributed by atoms with Crippen LogP contribution >= 0.6 is 0 Å². The highest BCUT2D eigenvalue weighted by Crippen LogP contribution is 2.22. The molecule has 0 radical (unpaired) electrons. The molecule has 3 heteroatoms. The molecule has 0 aromatic heterocycles. The molecule has 0 amide bonds. The Kier molecular flexibility index (Phi) is 6.32. The second-order valence-corrected chi connectivity index (χ2v) is 4.85. The van der Waals surface area contributed by atoms with Gasteiger partial charge in [-0.05, 0) is 31.6 Å². The summed E-state index contributed by atoms with van der Waals surface area (Å²) < 4.78 is 5.50. The number of hydrogen-bond acceptors (Lipinski definition) is 3. The average molecular weight is 230 g/mol. The third-order valence-electron chi connectivity index (χ3n) is 3.73. The molecule has 96 valence electrons. The smallest absolute Gasteiger partial charge is 0.0826 e. The van der Waals surface area contributed by atoms with E-state index in [1.807, 2.05) is 0 Å². The molecule has 0 bridgehead atoms. The van der Waals surface area contributed by atoms with Crippen molar-refractivity contribution >= 4 is 0 Å². The summed E-state index contributed by atoms with van der Waals surface area (Å²) in [6, 6.07) is 0. The van der Waals surface area contributed by atoms with Crippen molar-refractivity contribution in [2.45, 2.75) is 70.7 Å². The Morgan fingerprint density at radius 3 is 2.44 bits per heavy atom. The van der Waals surface area contributed by atoms with Crippen LogP contribution in [-0.4, -0.2) is 35.1 Å². The summed E-state index contributed by atoms with van der Waals surface area (Å²) in [7, 11) is 0. The molecule has 2 N–H and O–H groups in total. The first kappa shape index (κ1) is 13.9. The molecule has 0 aromatic rings. The summed E-state index contributed by atoms with van der Waals surface area (Å²) in [5.74, 6) is 0.222. The molecule has 3 atom stereocenters. The fourth-order valence-corrected chi connectivity index (χ4v) is 2.49. The van der Waals surface area contributed by atoms with Crippen molar-refractivity contribution in [2.75, 3.05) is 6.61 Å². The molecule has 3 nitrogen and oxygen atoms in total. The van der Waals surface area contributed by atoms with Crippen LogP contribution in [0.5, 0.6) is 0 Å². The Morgan fingerprint density at radius 2 is 1.94 bits per heavy atom. The molecular weight excluding hydrogens is 204 g/mol. The summed E-state index contributed by atoms with van der Waals surface area (Å²) in [6.07, 6.45) is 4.77. The van der Waals surface area contributed by atoms with E-state index in [0.29, 0.717) is 12.5 Å². The van der Waals surface area contributed by atoms with Gasteiger partial charge < -0.3 is 14.9 Å². The minimum atomic E-state index is -0.589. The van der Waals surface area contributed by atoms with E-state index in [2.05, 4.69) is 13.8 Å². The predicted octanol–water partition coefficient (Wildman–Crippen LogP) is 2.10. The van der Waals surface area contributed by atoms with Crippen LogP contribution in [0, 0.1) is 5.92 Å². The lowest BCUT2D eigenvalue weighted by atomic mass is 9.90. The standard InChI is InChI=1S/C13H26O3/c1-3-10(4-2)13(15)12(14)8-7-11-6-5-9-16-11/h10-15H,3-9H2,1-2H3. The van der Waals surface area contributed by atoms with Crippen LogP contribution in [0.4, 0.5) is 0 Å². The van der Waals surface area contributed by atoms with Gasteiger partial charge in [0.1, 0.15) is 0 Å². The maximum absolute atomic E-state index is 9.96. The van der Waals surface area contributed by atoms with Crippen molar-refractivity contribution in [1.29, 1.82) is 0 Å². The molecule has 0 aliphatic carbocycles. The predicted molar refractivity (Wildman–Crippen MR) is 64.3 cm³/mol. The monoisotopic (exact) mass is 230 g/mol. The molecule has 1 heterocycles. The van der Waals surface area contributed by atoms with Crippen molar-refractivity contribution in [3.8, 4) is 0 Å². The number of aliphatic hydroxyl groups is 2. The van der Waals surface area contributed by atoms with Crippen molar-refractivity contribution in [2.24, 2.45) is 5.92 Å². The van der Waals surface area contributed by atoms with Crippen molar-refractivity contribution < 1.29 is 14.9 Å². The highest BCUT2D eigenvalue weighted by Gasteiger charge is 2.25. The largest absolute Gasteiger partial charge is 0.390 e. The van der Waals surface area contributed by atoms with Gasteiger partial charge in [-0.1, -0.05) is 26.7 Å². The third-order valence-corrected chi connectivity index (χ3v) is 3.73. The number of hydrogen-bond donors (Lipinski definition) is 2. The number of aliphatic hydroxyl groups excluding tert-OH is 2. The lowest BCUT2D eigenvalue weighted by Gasteiger charge is -2.25. The first-order valence-electron chi connectivity index (χ1n) is 6.66. The number of rotatable bonds is 7. The van der Waals surface area contributed by atoms with E-state index in [9.17, 15) is 10.2 Å². The quantitative estimate of drug-likeness (QED) is 0.704. The Labute approximate surface area is 98.8 Å². The van der Waals surface area contributed by atoms with Crippen molar-refractivity contribution in [3.05, 3.63) is 0 Å². The van der Waals surface area contributed by atoms with Gasteiger partial charge in [0, 0.05) is 6.61 Å². The molecule has 1 saturated heterocycles. The maximum atomic E-state index is 9.96. The SMILES string of the molecule is CCC(CC)C(O)C(O)CCC1CCCO1. The molecule has 0 saturated carbocycles. The van der Waals surface area contributed by atoms with Gasteiger partial charge in [-0.25, -0.2) is 0 Å². The second kappa shape index (κ2) is 7.25. The number of ether oxygens (including phenoxy) is 1. The van der Waals surface area contributed by atoms with Crippen LogP contribution in [0.2, 0.25) is 0 Å². The minimum Gasteiger partial charge on any atom is -0.390 e. The minimum absolute atomic E-state index is 0.222. The highest BCUT2D eigenvalue weighted by molar-refractivity contribution is 4.76. The van der Waals surface area contributed by atoms with E-state index >= 15 is 0 Å². The van der Waals surface area contributed by atoms with Gasteiger partial charge in [-0.2, -0.15) is 0 Å². The van der Waals surface area contributed by atoms with E-state index in [1.54, 1.807) is 0 Å². The van der Waals surface area contributed by atoms with Crippen LogP contribution in [0.15, 0.2) is 0 Å². The molecular formula is C13H26O3. The Hall–Kier alpha value is -0.120. The molecule has 1 fully saturated rings. The zero-order valence-electron chi connectivity index (χ0n) is 10.6. The summed E-state index contributed by atoms with van der Waals surface area (Å²) in [4.78, 5) is 0. The van der Waals surface area contributed by atoms with Crippen LogP contribution in [0.1, 0.15) is 52.4 Å². The Balaban J connectivity index is 2.24. The van der Waals surface area contributed by atoms with Crippen LogP contribution < -0.4 is 0 Å². The summed E-state index contributed by atoms with van der Waals surface area (Å²) in [5.41, 5.74) is 0. The van der Waals surface area contributed by atoms with Gasteiger partial charge in [0.15, 0.2) is 0 Å². The van der Waals surface area contributed by atoms with Gasteiger partial charge in [-0.3, -0.25) is 0 Å². The molecule has 0 aromatic carbocycles. The Morgan fingerprint density at radius 1 is 1.25 bits per heavy atom. The summed E-state index contributed by atoms with van der Waals surface area (Å²) in [5, 5.41) is 19.9. The van der Waals surface area contributed by atoms with Crippen molar-refractivity contribution in [1.82, 2.24) is 0 Å². The van der Waals surface area contributed by atoms with Crippen molar-refractivity contribution in [3.63, 3.8) is 0 Å². The van der Waals surface area contributed by atoms with Crippen LogP contribution in [-0.2, 0) is 4.74 Å². The fraction of sp³-hybridized carbons (Fsp3) is 1.00. The van der Waals surface area contributed by atoms with Gasteiger partial charge in [-0.15, -0.1) is 0 Å². The van der Waals surface area contributed by atoms with Gasteiger partial charge in [0.25, 0.3) is 0 Å². The van der Waals surface area contributed by atoms with Crippen LogP contribution in [0.25, 0.3) is 0 Å². The molecule has 16 heavy (non-hydrogen) atoms. The van der Waals surface area contributed by atoms with E-state index in [-0.39, 0.29) is 5.92 Å². The normalized spacial score (nSPS) is 24.9. The lowest BCUT2D eigenvalue weighted by molar-refractivity contribution is -0.0302. The lowest BCUT2D eigenvalue weighted by Crippen LogP contribution is -2.33. The summed E-state index contributed by atoms with van der Waals surface area (Å²) >= 11 is 0. The Bertz CT molecular complexity index is 174. The van der Waals surface area contributed by atoms with E-state index in [4.69, 9.17) is 4.74 Å². The van der Waals surface area contributed by atoms with Gasteiger partial charge in [0.2, 0.25) is 0 Å². The van der Waals surface area contributed by atoms with E-state index in [0.717, 1.165) is 38.7 Å². The fourth-order valence-electron chi connectivity index (χ4n) is 2.49. The first-order chi connectivity index (χ1) is 7.69. The first-order valence-corrected chi connectivity index (χ1v) is 6.66. The topological polar surface area (TPSA) is 49.7 Å². The van der Waals surface area contributed by atoms with Gasteiger partial charge in [0.05, 0.1) is 18.3 Å². The molecule has 3 unspecified atom stereocenters. The van der Waals surface area contributed by atoms with E-state index < -0.39 is 12.2 Å². The highest BCUT2D eigenvalue weighted by atomic mass is 16.5. The maximum Gasteiger partial charge on any atom is 0.0826 e. The third kappa shape index (κ3) is 4.04. The van der Waals surface area contributed by atoms with Gasteiger partial charge >= 0.3 is 0 Å². The van der Waals surface area contributed by atoms with Crippen LogP contribution in [0.3, 0.4) is 0 Å². The van der Waals surface area contributed by atoms with E-state index in [1.165, 1.54) is 0 Å². The second-order valence-electron chi connectivity index (χ2n) is 4.85. The summed E-state index contributed by atoms with van der Waals surface area (Å²) in [6.45, 7) is 4.98. The average Bonchev–Trinajstić information content (AvgIpc) is 2.80. The molecule has 0 spiro atoms. The molecule has 1 aliphatic heterocycles. The zero-order chi connectivity index (χ0) is 12.0. The molecule has 1 rings (SSSR count). The molecule has 1 aliphatic rings.